The molecule has 15 heavy (non-hydrogen) atoms. The van der Waals surface area contributed by atoms with E-state index in [2.05, 4.69) is 0 Å². The highest BCUT2D eigenvalue weighted by atomic mass is 19.4. The molecule has 2 unspecified atom stereocenters. The Labute approximate surface area is 87.4 Å². The molecule has 90 valence electrons. The van der Waals surface area contributed by atoms with E-state index in [1.54, 1.807) is 0 Å². The first-order chi connectivity index (χ1) is 6.85. The van der Waals surface area contributed by atoms with Crippen LogP contribution >= 0.6 is 0 Å². The number of alkyl halides is 3. The first-order valence-corrected chi connectivity index (χ1v) is 5.17. The molecule has 1 rings (SSSR count). The fourth-order valence-electron chi connectivity index (χ4n) is 2.09. The molecule has 0 aromatic heterocycles. The molecule has 0 aliphatic heterocycles. The van der Waals surface area contributed by atoms with Gasteiger partial charge in [-0.2, -0.15) is 13.2 Å². The van der Waals surface area contributed by atoms with Crippen LogP contribution in [0.5, 0.6) is 0 Å². The third-order valence-corrected chi connectivity index (χ3v) is 2.98. The average molecular weight is 226 g/mol. The molecule has 0 bridgehead atoms. The number of hydrogen-bond donors (Lipinski definition) is 1. The standard InChI is InChI=1S/C10H17F3O2/c1-15-8-3-2-4-9(14,7-8)5-6-10(11,12)13/h8,14H,2-7H2,1H3. The molecule has 1 aliphatic rings. The molecule has 0 heterocycles. The Balaban J connectivity index is 2.43. The lowest BCUT2D eigenvalue weighted by Gasteiger charge is -2.36. The van der Waals surface area contributed by atoms with Crippen molar-refractivity contribution in [2.45, 2.75) is 56.4 Å². The van der Waals surface area contributed by atoms with E-state index < -0.39 is 18.2 Å². The monoisotopic (exact) mass is 226 g/mol. The van der Waals surface area contributed by atoms with Crippen LogP contribution in [0.15, 0.2) is 0 Å². The first kappa shape index (κ1) is 12.8. The molecule has 0 saturated heterocycles. The zero-order valence-electron chi connectivity index (χ0n) is 8.81. The normalized spacial score (nSPS) is 33.0. The number of methoxy groups -OCH3 is 1. The summed E-state index contributed by atoms with van der Waals surface area (Å²) in [6.07, 6.45) is -3.09. The molecular formula is C10H17F3O2. The van der Waals surface area contributed by atoms with Gasteiger partial charge in [-0.1, -0.05) is 0 Å². The average Bonchev–Trinajstić information content (AvgIpc) is 2.14. The van der Waals surface area contributed by atoms with Crippen molar-refractivity contribution in [3.8, 4) is 0 Å². The van der Waals surface area contributed by atoms with E-state index in [0.717, 1.165) is 12.8 Å². The fourth-order valence-corrected chi connectivity index (χ4v) is 2.09. The Bertz CT molecular complexity index is 205. The summed E-state index contributed by atoms with van der Waals surface area (Å²) in [5.41, 5.74) is -1.19. The van der Waals surface area contributed by atoms with E-state index >= 15 is 0 Å². The molecule has 0 radical (unpaired) electrons. The minimum Gasteiger partial charge on any atom is -0.390 e. The van der Waals surface area contributed by atoms with Gasteiger partial charge in [0.2, 0.25) is 0 Å². The second-order valence-electron chi connectivity index (χ2n) is 4.29. The van der Waals surface area contributed by atoms with Crippen LogP contribution in [0.4, 0.5) is 13.2 Å². The Morgan fingerprint density at radius 2 is 2.13 bits per heavy atom. The maximum atomic E-state index is 12.0. The lowest BCUT2D eigenvalue weighted by Crippen LogP contribution is -2.39. The molecule has 1 aliphatic carbocycles. The quantitative estimate of drug-likeness (QED) is 0.801. The summed E-state index contributed by atoms with van der Waals surface area (Å²) in [6, 6.07) is 0. The molecule has 0 aromatic rings. The van der Waals surface area contributed by atoms with Crippen molar-refractivity contribution in [1.82, 2.24) is 0 Å². The van der Waals surface area contributed by atoms with Crippen LogP contribution < -0.4 is 0 Å². The molecule has 5 heteroatoms. The van der Waals surface area contributed by atoms with Gasteiger partial charge >= 0.3 is 6.18 Å². The Morgan fingerprint density at radius 1 is 1.47 bits per heavy atom. The number of hydrogen-bond acceptors (Lipinski definition) is 2. The van der Waals surface area contributed by atoms with Crippen molar-refractivity contribution in [2.75, 3.05) is 7.11 Å². The topological polar surface area (TPSA) is 29.5 Å². The van der Waals surface area contributed by atoms with Crippen molar-refractivity contribution in [3.05, 3.63) is 0 Å². The lowest BCUT2D eigenvalue weighted by atomic mass is 9.80. The highest BCUT2D eigenvalue weighted by Crippen LogP contribution is 2.36. The van der Waals surface area contributed by atoms with Gasteiger partial charge in [-0.3, -0.25) is 0 Å². The summed E-state index contributed by atoms with van der Waals surface area (Å²) < 4.78 is 41.1. The summed E-state index contributed by atoms with van der Waals surface area (Å²) in [5, 5.41) is 9.96. The van der Waals surface area contributed by atoms with Crippen molar-refractivity contribution in [1.29, 1.82) is 0 Å². The second kappa shape index (κ2) is 4.70. The van der Waals surface area contributed by atoms with Gasteiger partial charge in [-0.15, -0.1) is 0 Å². The zero-order valence-corrected chi connectivity index (χ0v) is 8.81. The minimum atomic E-state index is -4.18. The molecule has 1 fully saturated rings. The zero-order chi connectivity index (χ0) is 11.5. The highest BCUT2D eigenvalue weighted by molar-refractivity contribution is 4.87. The van der Waals surface area contributed by atoms with Gasteiger partial charge in [-0.05, 0) is 25.7 Å². The van der Waals surface area contributed by atoms with Gasteiger partial charge in [0.05, 0.1) is 11.7 Å². The third kappa shape index (κ3) is 4.38. The largest absolute Gasteiger partial charge is 0.390 e. The summed E-state index contributed by atoms with van der Waals surface area (Å²) in [7, 11) is 1.53. The molecule has 2 atom stereocenters. The number of aliphatic hydroxyl groups is 1. The van der Waals surface area contributed by atoms with Gasteiger partial charge < -0.3 is 9.84 Å². The number of rotatable bonds is 3. The second-order valence-corrected chi connectivity index (χ2v) is 4.29. The predicted octanol–water partition coefficient (Wildman–Crippen LogP) is 2.65. The van der Waals surface area contributed by atoms with Gasteiger partial charge in [0.15, 0.2) is 0 Å². The lowest BCUT2D eigenvalue weighted by molar-refractivity contribution is -0.153. The van der Waals surface area contributed by atoms with E-state index in [9.17, 15) is 18.3 Å². The summed E-state index contributed by atoms with van der Waals surface area (Å²) in [6.45, 7) is 0. The predicted molar refractivity (Wildman–Crippen MR) is 49.5 cm³/mol. The van der Waals surface area contributed by atoms with E-state index in [0.29, 0.717) is 12.8 Å². The first-order valence-electron chi connectivity index (χ1n) is 5.17. The van der Waals surface area contributed by atoms with Crippen molar-refractivity contribution in [2.24, 2.45) is 0 Å². The van der Waals surface area contributed by atoms with Crippen LogP contribution in [-0.4, -0.2) is 30.1 Å². The Kier molecular flexibility index (Phi) is 4.00. The highest BCUT2D eigenvalue weighted by Gasteiger charge is 2.38. The van der Waals surface area contributed by atoms with Crippen LogP contribution in [0.3, 0.4) is 0 Å². The molecule has 2 nitrogen and oxygen atoms in total. The summed E-state index contributed by atoms with van der Waals surface area (Å²) in [4.78, 5) is 0. The van der Waals surface area contributed by atoms with Crippen molar-refractivity contribution in [3.63, 3.8) is 0 Å². The maximum Gasteiger partial charge on any atom is 0.389 e. The molecule has 0 spiro atoms. The van der Waals surface area contributed by atoms with E-state index in [-0.39, 0.29) is 12.5 Å². The van der Waals surface area contributed by atoms with E-state index in [4.69, 9.17) is 4.74 Å². The Hall–Kier alpha value is -0.290. The minimum absolute atomic E-state index is 0.100. The van der Waals surface area contributed by atoms with E-state index in [1.165, 1.54) is 7.11 Å². The van der Waals surface area contributed by atoms with Crippen LogP contribution in [0.1, 0.15) is 38.5 Å². The smallest absolute Gasteiger partial charge is 0.389 e. The van der Waals surface area contributed by atoms with Crippen LogP contribution in [0.25, 0.3) is 0 Å². The molecule has 0 aromatic carbocycles. The summed E-state index contributed by atoms with van der Waals surface area (Å²) in [5.74, 6) is 0. The number of halogens is 3. The van der Waals surface area contributed by atoms with Gasteiger partial charge in [0, 0.05) is 20.0 Å². The molecule has 1 saturated carbocycles. The molecular weight excluding hydrogens is 209 g/mol. The molecule has 0 amide bonds. The fraction of sp³-hybridized carbons (Fsp3) is 1.00. The van der Waals surface area contributed by atoms with Crippen LogP contribution in [0, 0.1) is 0 Å². The Morgan fingerprint density at radius 3 is 2.67 bits per heavy atom. The van der Waals surface area contributed by atoms with Crippen molar-refractivity contribution >= 4 is 0 Å². The van der Waals surface area contributed by atoms with Gasteiger partial charge in [0.25, 0.3) is 0 Å². The van der Waals surface area contributed by atoms with Gasteiger partial charge in [0.1, 0.15) is 0 Å². The number of ether oxygens (including phenoxy) is 1. The molecule has 1 N–H and O–H groups in total. The SMILES string of the molecule is COC1CCCC(O)(CCC(F)(F)F)C1. The maximum absolute atomic E-state index is 12.0. The van der Waals surface area contributed by atoms with E-state index in [1.807, 2.05) is 0 Å². The van der Waals surface area contributed by atoms with Crippen LogP contribution in [-0.2, 0) is 4.74 Å². The summed E-state index contributed by atoms with van der Waals surface area (Å²) >= 11 is 0. The van der Waals surface area contributed by atoms with Crippen LogP contribution in [0.2, 0.25) is 0 Å². The van der Waals surface area contributed by atoms with Gasteiger partial charge in [-0.25, -0.2) is 0 Å². The van der Waals surface area contributed by atoms with Crippen molar-refractivity contribution < 1.29 is 23.0 Å². The third-order valence-electron chi connectivity index (χ3n) is 2.98.